The third-order valence-corrected chi connectivity index (χ3v) is 4.27. The van der Waals surface area contributed by atoms with Gasteiger partial charge in [0.15, 0.2) is 0 Å². The van der Waals surface area contributed by atoms with Crippen molar-refractivity contribution in [1.29, 1.82) is 0 Å². The second-order valence-electron chi connectivity index (χ2n) is 5.94. The second kappa shape index (κ2) is 8.15. The average Bonchev–Trinajstić information content (AvgIpc) is 2.53. The van der Waals surface area contributed by atoms with Crippen LogP contribution in [0, 0.1) is 5.92 Å². The van der Waals surface area contributed by atoms with E-state index in [2.05, 4.69) is 12.1 Å². The van der Waals surface area contributed by atoms with Crippen LogP contribution in [-0.4, -0.2) is 41.7 Å². The third kappa shape index (κ3) is 4.83. The molecule has 2 unspecified atom stereocenters. The van der Waals surface area contributed by atoms with Crippen molar-refractivity contribution in [2.75, 3.05) is 19.7 Å². The summed E-state index contributed by atoms with van der Waals surface area (Å²) in [5.74, 6) is 0.489. The molecule has 1 heterocycles. The quantitative estimate of drug-likeness (QED) is 0.835. The first kappa shape index (κ1) is 16.0. The number of aryl methyl sites for hydroxylation is 1. The highest BCUT2D eigenvalue weighted by atomic mass is 16.3. The number of piperidine rings is 1. The molecule has 0 aliphatic carbocycles. The van der Waals surface area contributed by atoms with E-state index >= 15 is 0 Å². The van der Waals surface area contributed by atoms with Gasteiger partial charge in [-0.1, -0.05) is 30.3 Å². The lowest BCUT2D eigenvalue weighted by atomic mass is 9.94. The Kier molecular flexibility index (Phi) is 6.21. The Morgan fingerprint density at radius 3 is 2.86 bits per heavy atom. The number of carbonyl (C=O) groups excluding carboxylic acids is 1. The summed E-state index contributed by atoms with van der Waals surface area (Å²) in [7, 11) is 0. The zero-order valence-corrected chi connectivity index (χ0v) is 12.6. The minimum absolute atomic E-state index is 0.0635. The van der Waals surface area contributed by atoms with Crippen molar-refractivity contribution >= 4 is 5.91 Å². The summed E-state index contributed by atoms with van der Waals surface area (Å²) in [5, 5.41) is 9.03. The summed E-state index contributed by atoms with van der Waals surface area (Å²) in [4.78, 5) is 14.3. The highest BCUT2D eigenvalue weighted by molar-refractivity contribution is 5.81. The van der Waals surface area contributed by atoms with Gasteiger partial charge in [0.2, 0.25) is 5.91 Å². The molecule has 1 saturated heterocycles. The minimum atomic E-state index is -0.418. The van der Waals surface area contributed by atoms with Gasteiger partial charge in [-0.25, -0.2) is 0 Å². The number of hydrogen-bond acceptors (Lipinski definition) is 3. The molecule has 3 N–H and O–H groups in total. The fraction of sp³-hybridized carbons (Fsp3) is 0.588. The van der Waals surface area contributed by atoms with Gasteiger partial charge in [0.25, 0.3) is 0 Å². The standard InChI is InChI=1S/C17H26N2O2/c18-16(9-8-14-5-2-1-3-6-14)17(21)19-11-4-7-15(13-19)10-12-20/h1-3,5-6,15-16,20H,4,7-13,18H2. The first-order chi connectivity index (χ1) is 10.2. The molecule has 2 rings (SSSR count). The largest absolute Gasteiger partial charge is 0.396 e. The Balaban J connectivity index is 1.81. The SMILES string of the molecule is NC(CCc1ccccc1)C(=O)N1CCCC(CCO)C1. The molecule has 0 aromatic heterocycles. The molecule has 0 saturated carbocycles. The van der Waals surface area contributed by atoms with Crippen LogP contribution in [0.15, 0.2) is 30.3 Å². The highest BCUT2D eigenvalue weighted by Crippen LogP contribution is 2.20. The molecule has 1 amide bonds. The summed E-state index contributed by atoms with van der Waals surface area (Å²) >= 11 is 0. The minimum Gasteiger partial charge on any atom is -0.396 e. The van der Waals surface area contributed by atoms with E-state index in [1.807, 2.05) is 23.1 Å². The fourth-order valence-corrected chi connectivity index (χ4v) is 3.01. The van der Waals surface area contributed by atoms with Gasteiger partial charge < -0.3 is 15.7 Å². The molecular formula is C17H26N2O2. The summed E-state index contributed by atoms with van der Waals surface area (Å²) in [6.45, 7) is 1.75. The van der Waals surface area contributed by atoms with Gasteiger partial charge in [0.1, 0.15) is 0 Å². The lowest BCUT2D eigenvalue weighted by molar-refractivity contribution is -0.134. The molecule has 1 fully saturated rings. The summed E-state index contributed by atoms with van der Waals surface area (Å²) in [6, 6.07) is 9.71. The number of aliphatic hydroxyl groups excluding tert-OH is 1. The van der Waals surface area contributed by atoms with Gasteiger partial charge in [-0.05, 0) is 43.6 Å². The number of amides is 1. The molecule has 0 radical (unpaired) electrons. The number of benzene rings is 1. The Hall–Kier alpha value is -1.39. The molecule has 1 aliphatic heterocycles. The molecule has 21 heavy (non-hydrogen) atoms. The van der Waals surface area contributed by atoms with Crippen LogP contribution in [0.3, 0.4) is 0 Å². The fourth-order valence-electron chi connectivity index (χ4n) is 3.01. The Morgan fingerprint density at radius 1 is 1.38 bits per heavy atom. The van der Waals surface area contributed by atoms with Gasteiger partial charge in [-0.15, -0.1) is 0 Å². The molecule has 1 aromatic rings. The topological polar surface area (TPSA) is 66.6 Å². The smallest absolute Gasteiger partial charge is 0.239 e. The predicted molar refractivity (Wildman–Crippen MR) is 83.7 cm³/mol. The third-order valence-electron chi connectivity index (χ3n) is 4.27. The van der Waals surface area contributed by atoms with Crippen molar-refractivity contribution in [3.05, 3.63) is 35.9 Å². The lowest BCUT2D eigenvalue weighted by Crippen LogP contribution is -2.48. The molecule has 1 aliphatic rings. The van der Waals surface area contributed by atoms with Gasteiger partial charge >= 0.3 is 0 Å². The number of aliphatic hydroxyl groups is 1. The molecular weight excluding hydrogens is 264 g/mol. The molecule has 0 spiro atoms. The van der Waals surface area contributed by atoms with Crippen molar-refractivity contribution in [2.24, 2.45) is 11.7 Å². The van der Waals surface area contributed by atoms with Crippen molar-refractivity contribution < 1.29 is 9.90 Å². The van der Waals surface area contributed by atoms with Crippen LogP contribution >= 0.6 is 0 Å². The van der Waals surface area contributed by atoms with Gasteiger partial charge in [-0.3, -0.25) is 4.79 Å². The Morgan fingerprint density at radius 2 is 2.14 bits per heavy atom. The van der Waals surface area contributed by atoms with E-state index in [9.17, 15) is 4.79 Å². The first-order valence-electron chi connectivity index (χ1n) is 7.90. The van der Waals surface area contributed by atoms with Crippen molar-refractivity contribution in [2.45, 2.75) is 38.1 Å². The Labute approximate surface area is 126 Å². The van der Waals surface area contributed by atoms with Crippen molar-refractivity contribution in [1.82, 2.24) is 4.90 Å². The number of rotatable bonds is 6. The normalized spacial score (nSPS) is 20.3. The molecule has 4 nitrogen and oxygen atoms in total. The molecule has 4 heteroatoms. The number of likely N-dealkylation sites (tertiary alicyclic amines) is 1. The highest BCUT2D eigenvalue weighted by Gasteiger charge is 2.26. The molecule has 116 valence electrons. The lowest BCUT2D eigenvalue weighted by Gasteiger charge is -2.34. The summed E-state index contributed by atoms with van der Waals surface area (Å²) in [5.41, 5.74) is 7.29. The van der Waals surface area contributed by atoms with Crippen LogP contribution in [0.1, 0.15) is 31.2 Å². The van der Waals surface area contributed by atoms with Crippen LogP contribution < -0.4 is 5.73 Å². The summed E-state index contributed by atoms with van der Waals surface area (Å²) in [6.07, 6.45) is 4.42. The van der Waals surface area contributed by atoms with Crippen LogP contribution in [0.4, 0.5) is 0 Å². The van der Waals surface area contributed by atoms with E-state index in [1.54, 1.807) is 0 Å². The number of hydrogen-bond donors (Lipinski definition) is 2. The van der Waals surface area contributed by atoms with Crippen molar-refractivity contribution in [3.63, 3.8) is 0 Å². The maximum Gasteiger partial charge on any atom is 0.239 e. The maximum absolute atomic E-state index is 12.4. The van der Waals surface area contributed by atoms with E-state index in [0.29, 0.717) is 12.3 Å². The number of nitrogens with zero attached hydrogens (tertiary/aromatic N) is 1. The monoisotopic (exact) mass is 290 g/mol. The number of nitrogens with two attached hydrogens (primary N) is 1. The van der Waals surface area contributed by atoms with E-state index in [0.717, 1.165) is 38.8 Å². The zero-order chi connectivity index (χ0) is 15.1. The van der Waals surface area contributed by atoms with E-state index < -0.39 is 6.04 Å². The maximum atomic E-state index is 12.4. The Bertz CT molecular complexity index is 434. The van der Waals surface area contributed by atoms with Crippen LogP contribution in [-0.2, 0) is 11.2 Å². The van der Waals surface area contributed by atoms with Gasteiger partial charge in [-0.2, -0.15) is 0 Å². The predicted octanol–water partition coefficient (Wildman–Crippen LogP) is 1.57. The van der Waals surface area contributed by atoms with E-state index in [1.165, 1.54) is 5.56 Å². The van der Waals surface area contributed by atoms with Crippen molar-refractivity contribution in [3.8, 4) is 0 Å². The molecule has 2 atom stereocenters. The average molecular weight is 290 g/mol. The van der Waals surface area contributed by atoms with Crippen LogP contribution in [0.2, 0.25) is 0 Å². The zero-order valence-electron chi connectivity index (χ0n) is 12.6. The summed E-state index contributed by atoms with van der Waals surface area (Å²) < 4.78 is 0. The van der Waals surface area contributed by atoms with Crippen LogP contribution in [0.25, 0.3) is 0 Å². The van der Waals surface area contributed by atoms with E-state index in [-0.39, 0.29) is 12.5 Å². The van der Waals surface area contributed by atoms with Crippen LogP contribution in [0.5, 0.6) is 0 Å². The van der Waals surface area contributed by atoms with Gasteiger partial charge in [0, 0.05) is 19.7 Å². The first-order valence-corrected chi connectivity index (χ1v) is 7.90. The molecule has 1 aromatic carbocycles. The molecule has 0 bridgehead atoms. The van der Waals surface area contributed by atoms with E-state index in [4.69, 9.17) is 10.8 Å². The van der Waals surface area contributed by atoms with Gasteiger partial charge in [0.05, 0.1) is 6.04 Å². The number of carbonyl (C=O) groups is 1. The second-order valence-corrected chi connectivity index (χ2v) is 5.94.